The molecule has 8 nitrogen and oxygen atoms in total. The number of halogens is 1. The first kappa shape index (κ1) is 19.8. The lowest BCUT2D eigenvalue weighted by Crippen LogP contribution is -2.40. The summed E-state index contributed by atoms with van der Waals surface area (Å²) >= 11 is 0. The zero-order chi connectivity index (χ0) is 21.6. The number of aromatic nitrogens is 6. The number of rotatable bonds is 5. The Kier molecular flexibility index (Phi) is 4.89. The van der Waals surface area contributed by atoms with Crippen LogP contribution in [-0.4, -0.2) is 28.5 Å². The summed E-state index contributed by atoms with van der Waals surface area (Å²) < 4.78 is 19.3. The molecule has 4 rings (SSSR count). The molecule has 0 aliphatic rings. The number of aryl methyl sites for hydroxylation is 4. The summed E-state index contributed by atoms with van der Waals surface area (Å²) in [4.78, 5) is 30.9. The van der Waals surface area contributed by atoms with Gasteiger partial charge in [0.05, 0.1) is 12.2 Å². The first-order chi connectivity index (χ1) is 14.3. The minimum atomic E-state index is -0.474. The minimum Gasteiger partial charge on any atom is -0.302 e. The summed E-state index contributed by atoms with van der Waals surface area (Å²) in [6, 6.07) is 7.69. The van der Waals surface area contributed by atoms with E-state index in [0.29, 0.717) is 29.2 Å². The second kappa shape index (κ2) is 7.40. The predicted molar refractivity (Wildman–Crippen MR) is 112 cm³/mol. The average Bonchev–Trinajstić information content (AvgIpc) is 3.24. The van der Waals surface area contributed by atoms with Gasteiger partial charge in [-0.25, -0.2) is 13.9 Å². The van der Waals surface area contributed by atoms with E-state index in [4.69, 9.17) is 0 Å². The molecule has 0 radical (unpaired) electrons. The molecule has 0 unspecified atom stereocenters. The lowest BCUT2D eigenvalue weighted by molar-refractivity contribution is 0.620. The van der Waals surface area contributed by atoms with Crippen LogP contribution in [0.15, 0.2) is 39.9 Å². The van der Waals surface area contributed by atoms with Crippen molar-refractivity contribution < 1.29 is 4.39 Å². The van der Waals surface area contributed by atoms with E-state index in [1.807, 2.05) is 31.4 Å². The van der Waals surface area contributed by atoms with E-state index in [-0.39, 0.29) is 12.4 Å². The third-order valence-corrected chi connectivity index (χ3v) is 5.11. The maximum atomic E-state index is 13.4. The molecule has 0 aliphatic heterocycles. The van der Waals surface area contributed by atoms with Crippen LogP contribution in [0.2, 0.25) is 0 Å². The SMILES string of the molecule is CCCn1c(-n2nc(C)cc2C)nc2c1c(=O)n(Cc1ccc(F)cc1)c(=O)n2C. The van der Waals surface area contributed by atoms with Gasteiger partial charge in [-0.05, 0) is 44.0 Å². The topological polar surface area (TPSA) is 79.6 Å². The van der Waals surface area contributed by atoms with Crippen molar-refractivity contribution in [2.45, 2.75) is 40.3 Å². The Morgan fingerprint density at radius 3 is 2.37 bits per heavy atom. The maximum absolute atomic E-state index is 13.4. The molecular formula is C21H23FN6O2. The lowest BCUT2D eigenvalue weighted by atomic mass is 10.2. The number of hydrogen-bond donors (Lipinski definition) is 0. The monoisotopic (exact) mass is 410 g/mol. The van der Waals surface area contributed by atoms with Crippen LogP contribution in [0.5, 0.6) is 0 Å². The van der Waals surface area contributed by atoms with Crippen molar-refractivity contribution in [3.8, 4) is 5.95 Å². The molecule has 0 spiro atoms. The van der Waals surface area contributed by atoms with Gasteiger partial charge in [0, 0.05) is 19.3 Å². The highest BCUT2D eigenvalue weighted by Gasteiger charge is 2.22. The van der Waals surface area contributed by atoms with Gasteiger partial charge in [-0.15, -0.1) is 0 Å². The fourth-order valence-electron chi connectivity index (χ4n) is 3.70. The molecule has 0 fully saturated rings. The van der Waals surface area contributed by atoms with E-state index in [0.717, 1.165) is 22.4 Å². The van der Waals surface area contributed by atoms with Crippen LogP contribution in [0.25, 0.3) is 17.1 Å². The number of benzene rings is 1. The quantitative estimate of drug-likeness (QED) is 0.506. The maximum Gasteiger partial charge on any atom is 0.332 e. The normalized spacial score (nSPS) is 11.5. The van der Waals surface area contributed by atoms with Crippen LogP contribution in [0, 0.1) is 19.7 Å². The van der Waals surface area contributed by atoms with Gasteiger partial charge < -0.3 is 4.57 Å². The molecule has 3 aromatic heterocycles. The first-order valence-electron chi connectivity index (χ1n) is 9.80. The van der Waals surface area contributed by atoms with Gasteiger partial charge in [0.15, 0.2) is 11.2 Å². The largest absolute Gasteiger partial charge is 0.332 e. The molecule has 0 saturated carbocycles. The molecule has 0 atom stereocenters. The van der Waals surface area contributed by atoms with E-state index in [9.17, 15) is 14.0 Å². The molecule has 4 aromatic rings. The lowest BCUT2D eigenvalue weighted by Gasteiger charge is -2.11. The Morgan fingerprint density at radius 2 is 1.77 bits per heavy atom. The number of imidazole rings is 1. The predicted octanol–water partition coefficient (Wildman–Crippen LogP) is 2.30. The molecule has 0 saturated heterocycles. The van der Waals surface area contributed by atoms with Crippen molar-refractivity contribution in [3.63, 3.8) is 0 Å². The molecule has 30 heavy (non-hydrogen) atoms. The second-order valence-electron chi connectivity index (χ2n) is 7.43. The van der Waals surface area contributed by atoms with Crippen LogP contribution >= 0.6 is 0 Å². The molecule has 0 aliphatic carbocycles. The Labute approximate surface area is 171 Å². The molecule has 9 heteroatoms. The molecule has 156 valence electrons. The molecule has 0 bridgehead atoms. The zero-order valence-corrected chi connectivity index (χ0v) is 17.4. The van der Waals surface area contributed by atoms with Crippen LogP contribution < -0.4 is 11.2 Å². The first-order valence-corrected chi connectivity index (χ1v) is 9.80. The van der Waals surface area contributed by atoms with E-state index < -0.39 is 11.2 Å². The van der Waals surface area contributed by atoms with E-state index >= 15 is 0 Å². The molecule has 3 heterocycles. The van der Waals surface area contributed by atoms with E-state index in [1.54, 1.807) is 23.9 Å². The van der Waals surface area contributed by atoms with Crippen molar-refractivity contribution in [2.24, 2.45) is 7.05 Å². The van der Waals surface area contributed by atoms with Gasteiger partial charge in [0.2, 0.25) is 5.95 Å². The Hall–Kier alpha value is -3.49. The fraction of sp³-hybridized carbons (Fsp3) is 0.333. The molecule has 1 aromatic carbocycles. The standard InChI is InChI=1S/C21H23FN6O2/c1-5-10-26-17-18(23-20(26)28-14(3)11-13(2)24-28)25(4)21(30)27(19(17)29)12-15-6-8-16(22)9-7-15/h6-9,11H,5,10,12H2,1-4H3. The van der Waals surface area contributed by atoms with Crippen LogP contribution in [-0.2, 0) is 20.1 Å². The third-order valence-electron chi connectivity index (χ3n) is 5.11. The third kappa shape index (κ3) is 3.16. The summed E-state index contributed by atoms with van der Waals surface area (Å²) in [6.45, 7) is 6.42. The second-order valence-corrected chi connectivity index (χ2v) is 7.43. The summed E-state index contributed by atoms with van der Waals surface area (Å²) in [5.41, 5.74) is 2.15. The smallest absolute Gasteiger partial charge is 0.302 e. The highest BCUT2D eigenvalue weighted by molar-refractivity contribution is 5.72. The minimum absolute atomic E-state index is 0.0499. The summed E-state index contributed by atoms with van der Waals surface area (Å²) in [5.74, 6) is 0.133. The van der Waals surface area contributed by atoms with Crippen molar-refractivity contribution in [3.05, 3.63) is 73.9 Å². The average molecular weight is 410 g/mol. The molecule has 0 amide bonds. The van der Waals surface area contributed by atoms with Crippen LogP contribution in [0.1, 0.15) is 30.3 Å². The van der Waals surface area contributed by atoms with Crippen LogP contribution in [0.4, 0.5) is 4.39 Å². The van der Waals surface area contributed by atoms with Gasteiger partial charge in [-0.3, -0.25) is 13.9 Å². The summed E-state index contributed by atoms with van der Waals surface area (Å²) in [7, 11) is 1.60. The van der Waals surface area contributed by atoms with Crippen molar-refractivity contribution in [2.75, 3.05) is 0 Å². The van der Waals surface area contributed by atoms with Gasteiger partial charge >= 0.3 is 5.69 Å². The fourth-order valence-corrected chi connectivity index (χ4v) is 3.70. The number of fused-ring (bicyclic) bond motifs is 1. The van der Waals surface area contributed by atoms with Crippen molar-refractivity contribution in [1.82, 2.24) is 28.5 Å². The summed E-state index contributed by atoms with van der Waals surface area (Å²) in [6.07, 6.45) is 0.776. The Balaban J connectivity index is 1.99. The Bertz CT molecular complexity index is 1360. The number of nitrogens with zero attached hydrogens (tertiary/aromatic N) is 6. The van der Waals surface area contributed by atoms with Gasteiger partial charge in [-0.2, -0.15) is 10.1 Å². The van der Waals surface area contributed by atoms with E-state index in [2.05, 4.69) is 10.1 Å². The number of hydrogen-bond acceptors (Lipinski definition) is 4. The van der Waals surface area contributed by atoms with Crippen molar-refractivity contribution >= 4 is 11.2 Å². The highest BCUT2D eigenvalue weighted by Crippen LogP contribution is 2.18. The molecular weight excluding hydrogens is 387 g/mol. The van der Waals surface area contributed by atoms with E-state index in [1.165, 1.54) is 16.7 Å². The highest BCUT2D eigenvalue weighted by atomic mass is 19.1. The van der Waals surface area contributed by atoms with Crippen LogP contribution in [0.3, 0.4) is 0 Å². The van der Waals surface area contributed by atoms with Gasteiger partial charge in [0.25, 0.3) is 5.56 Å². The zero-order valence-electron chi connectivity index (χ0n) is 17.4. The van der Waals surface area contributed by atoms with Gasteiger partial charge in [0.1, 0.15) is 5.82 Å². The molecule has 0 N–H and O–H groups in total. The van der Waals surface area contributed by atoms with Gasteiger partial charge in [-0.1, -0.05) is 19.1 Å². The Morgan fingerprint density at radius 1 is 1.07 bits per heavy atom. The summed E-state index contributed by atoms with van der Waals surface area (Å²) in [5, 5.41) is 4.50. The van der Waals surface area contributed by atoms with Crippen molar-refractivity contribution in [1.29, 1.82) is 0 Å².